The number of halogens is 1. The van der Waals surface area contributed by atoms with Crippen LogP contribution in [0.4, 0.5) is 10.8 Å². The number of nitro groups is 1. The maximum Gasteiger partial charge on any atom is 0.273 e. The topological polar surface area (TPSA) is 85.1 Å². The van der Waals surface area contributed by atoms with E-state index in [-0.39, 0.29) is 11.3 Å². The molecule has 0 atom stereocenters. The summed E-state index contributed by atoms with van der Waals surface area (Å²) in [6.45, 7) is 1.56. The highest BCUT2D eigenvalue weighted by Gasteiger charge is 2.18. The number of rotatable bonds is 4. The second kappa shape index (κ2) is 7.12. The second-order valence-corrected chi connectivity index (χ2v) is 6.98. The molecule has 1 aromatic heterocycles. The van der Waals surface area contributed by atoms with Crippen LogP contribution in [0.2, 0.25) is 0 Å². The van der Waals surface area contributed by atoms with Gasteiger partial charge in [0, 0.05) is 32.6 Å². The minimum atomic E-state index is -0.499. The van der Waals surface area contributed by atoms with Crippen LogP contribution in [0, 0.1) is 17.0 Å². The molecular weight excluding hydrogens is 406 g/mol. The second-order valence-electron chi connectivity index (χ2n) is 5.21. The molecule has 0 spiro atoms. The number of thiazole rings is 1. The molecular formula is C17H12BrN3O3S. The summed E-state index contributed by atoms with van der Waals surface area (Å²) in [6, 6.07) is 12.1. The van der Waals surface area contributed by atoms with E-state index < -0.39 is 10.8 Å². The molecule has 126 valence electrons. The molecule has 0 saturated heterocycles. The number of benzene rings is 2. The van der Waals surface area contributed by atoms with Crippen LogP contribution in [-0.2, 0) is 0 Å². The van der Waals surface area contributed by atoms with Gasteiger partial charge in [0.2, 0.25) is 0 Å². The molecule has 3 aromatic rings. The molecule has 0 aliphatic heterocycles. The number of carbonyl (C=O) groups excluding carboxylic acids is 1. The summed E-state index contributed by atoms with van der Waals surface area (Å²) in [7, 11) is 0. The first-order valence-corrected chi connectivity index (χ1v) is 8.90. The van der Waals surface area contributed by atoms with E-state index in [4.69, 9.17) is 0 Å². The van der Waals surface area contributed by atoms with Crippen LogP contribution >= 0.6 is 27.3 Å². The third-order valence-corrected chi connectivity index (χ3v) is 4.84. The van der Waals surface area contributed by atoms with E-state index in [2.05, 4.69) is 26.2 Å². The van der Waals surface area contributed by atoms with Crippen LogP contribution in [0.15, 0.2) is 52.3 Å². The van der Waals surface area contributed by atoms with Gasteiger partial charge in [0.05, 0.1) is 10.6 Å². The molecule has 2 aromatic carbocycles. The largest absolute Gasteiger partial charge is 0.298 e. The fourth-order valence-electron chi connectivity index (χ4n) is 2.34. The van der Waals surface area contributed by atoms with Crippen molar-refractivity contribution in [2.24, 2.45) is 0 Å². The number of amides is 1. The molecule has 0 aliphatic carbocycles. The minimum Gasteiger partial charge on any atom is -0.298 e. The van der Waals surface area contributed by atoms with E-state index >= 15 is 0 Å². The van der Waals surface area contributed by atoms with Gasteiger partial charge in [0.1, 0.15) is 0 Å². The summed E-state index contributed by atoms with van der Waals surface area (Å²) in [5, 5.41) is 16.0. The Labute approximate surface area is 155 Å². The summed E-state index contributed by atoms with van der Waals surface area (Å²) in [4.78, 5) is 27.3. The predicted octanol–water partition coefficient (Wildman–Crippen LogP) is 5.04. The molecule has 1 N–H and O–H groups in total. The summed E-state index contributed by atoms with van der Waals surface area (Å²) in [5.74, 6) is -0.420. The number of carbonyl (C=O) groups is 1. The molecule has 1 heterocycles. The van der Waals surface area contributed by atoms with Crippen LogP contribution in [0.3, 0.4) is 0 Å². The fraction of sp³-hybridized carbons (Fsp3) is 0.0588. The van der Waals surface area contributed by atoms with E-state index in [9.17, 15) is 14.9 Å². The standard InChI is InChI=1S/C17H12BrN3O3S/c1-10-13(6-3-7-15(10)21(23)24)16(22)20-17-19-14(9-25-17)11-4-2-5-12(18)8-11/h2-9H,1H3,(H,19,20,22). The van der Waals surface area contributed by atoms with Crippen molar-refractivity contribution < 1.29 is 9.72 Å². The number of hydrogen-bond acceptors (Lipinski definition) is 5. The van der Waals surface area contributed by atoms with Crippen molar-refractivity contribution >= 4 is 44.0 Å². The number of hydrogen-bond donors (Lipinski definition) is 1. The Morgan fingerprint density at radius 3 is 2.76 bits per heavy atom. The summed E-state index contributed by atoms with van der Waals surface area (Å²) in [5.41, 5.74) is 2.18. The Kier molecular flexibility index (Phi) is 4.91. The summed E-state index contributed by atoms with van der Waals surface area (Å²) < 4.78 is 0.941. The van der Waals surface area contributed by atoms with Crippen LogP contribution in [0.5, 0.6) is 0 Å². The molecule has 0 saturated carbocycles. The summed E-state index contributed by atoms with van der Waals surface area (Å²) in [6.07, 6.45) is 0. The maximum absolute atomic E-state index is 12.4. The van der Waals surface area contributed by atoms with Gasteiger partial charge in [-0.3, -0.25) is 20.2 Å². The molecule has 0 fully saturated rings. The Morgan fingerprint density at radius 1 is 1.28 bits per heavy atom. The number of nitro benzene ring substituents is 1. The SMILES string of the molecule is Cc1c(C(=O)Nc2nc(-c3cccc(Br)c3)cs2)cccc1[N+](=O)[O-]. The van der Waals surface area contributed by atoms with Gasteiger partial charge in [-0.1, -0.05) is 34.1 Å². The average molecular weight is 418 g/mol. The number of aromatic nitrogens is 1. The Balaban J connectivity index is 1.83. The van der Waals surface area contributed by atoms with E-state index in [0.717, 1.165) is 15.7 Å². The normalized spacial score (nSPS) is 10.5. The predicted molar refractivity (Wildman–Crippen MR) is 101 cm³/mol. The van der Waals surface area contributed by atoms with Crippen molar-refractivity contribution in [2.75, 3.05) is 5.32 Å². The lowest BCUT2D eigenvalue weighted by molar-refractivity contribution is -0.385. The third kappa shape index (κ3) is 3.75. The van der Waals surface area contributed by atoms with E-state index in [1.165, 1.54) is 23.5 Å². The minimum absolute atomic E-state index is 0.0818. The van der Waals surface area contributed by atoms with E-state index in [1.54, 1.807) is 13.0 Å². The van der Waals surface area contributed by atoms with Crippen molar-refractivity contribution in [3.05, 3.63) is 73.6 Å². The Bertz CT molecular complexity index is 971. The molecule has 3 rings (SSSR count). The van der Waals surface area contributed by atoms with E-state index in [1.807, 2.05) is 29.6 Å². The van der Waals surface area contributed by atoms with Crippen molar-refractivity contribution in [1.29, 1.82) is 0 Å². The Morgan fingerprint density at radius 2 is 2.04 bits per heavy atom. The van der Waals surface area contributed by atoms with Crippen LogP contribution in [0.1, 0.15) is 15.9 Å². The zero-order valence-electron chi connectivity index (χ0n) is 13.0. The number of nitrogens with zero attached hydrogens (tertiary/aromatic N) is 2. The number of anilines is 1. The van der Waals surface area contributed by atoms with Crippen molar-refractivity contribution in [2.45, 2.75) is 6.92 Å². The third-order valence-electron chi connectivity index (χ3n) is 3.59. The monoisotopic (exact) mass is 417 g/mol. The average Bonchev–Trinajstić information content (AvgIpc) is 3.03. The molecule has 8 heteroatoms. The van der Waals surface area contributed by atoms with Crippen molar-refractivity contribution in [3.8, 4) is 11.3 Å². The lowest BCUT2D eigenvalue weighted by atomic mass is 10.1. The highest BCUT2D eigenvalue weighted by atomic mass is 79.9. The van der Waals surface area contributed by atoms with E-state index in [0.29, 0.717) is 10.7 Å². The summed E-state index contributed by atoms with van der Waals surface area (Å²) >= 11 is 4.71. The van der Waals surface area contributed by atoms with Gasteiger partial charge in [0.25, 0.3) is 11.6 Å². The molecule has 0 aliphatic rings. The van der Waals surface area contributed by atoms with Crippen molar-refractivity contribution in [3.63, 3.8) is 0 Å². The van der Waals surface area contributed by atoms with Crippen LogP contribution in [0.25, 0.3) is 11.3 Å². The first-order chi connectivity index (χ1) is 12.0. The molecule has 1 amide bonds. The van der Waals surface area contributed by atoms with Gasteiger partial charge >= 0.3 is 0 Å². The van der Waals surface area contributed by atoms with Gasteiger partial charge in [-0.05, 0) is 25.1 Å². The fourth-order valence-corrected chi connectivity index (χ4v) is 3.46. The smallest absolute Gasteiger partial charge is 0.273 e. The van der Waals surface area contributed by atoms with Gasteiger partial charge in [0.15, 0.2) is 5.13 Å². The van der Waals surface area contributed by atoms with Gasteiger partial charge in [-0.15, -0.1) is 11.3 Å². The Hall–Kier alpha value is -2.58. The molecule has 25 heavy (non-hydrogen) atoms. The molecule has 0 bridgehead atoms. The van der Waals surface area contributed by atoms with Crippen LogP contribution in [-0.4, -0.2) is 15.8 Å². The van der Waals surface area contributed by atoms with Crippen molar-refractivity contribution in [1.82, 2.24) is 4.98 Å². The van der Waals surface area contributed by atoms with Gasteiger partial charge in [-0.2, -0.15) is 0 Å². The molecule has 6 nitrogen and oxygen atoms in total. The van der Waals surface area contributed by atoms with Gasteiger partial charge < -0.3 is 0 Å². The number of nitrogens with one attached hydrogen (secondary N) is 1. The maximum atomic E-state index is 12.4. The highest BCUT2D eigenvalue weighted by molar-refractivity contribution is 9.10. The lowest BCUT2D eigenvalue weighted by Gasteiger charge is -2.05. The first kappa shape index (κ1) is 17.2. The van der Waals surface area contributed by atoms with Crippen LogP contribution < -0.4 is 5.32 Å². The molecule has 0 radical (unpaired) electrons. The molecule has 0 unspecified atom stereocenters. The quantitative estimate of drug-likeness (QED) is 0.475. The zero-order chi connectivity index (χ0) is 18.0. The first-order valence-electron chi connectivity index (χ1n) is 7.22. The highest BCUT2D eigenvalue weighted by Crippen LogP contribution is 2.28. The van der Waals surface area contributed by atoms with Gasteiger partial charge in [-0.25, -0.2) is 4.98 Å². The lowest BCUT2D eigenvalue weighted by Crippen LogP contribution is -2.14. The zero-order valence-corrected chi connectivity index (χ0v) is 15.4.